The minimum absolute atomic E-state index is 0.128. The van der Waals surface area contributed by atoms with E-state index >= 15 is 0 Å². The van der Waals surface area contributed by atoms with Crippen molar-refractivity contribution in [3.05, 3.63) is 168 Å². The van der Waals surface area contributed by atoms with E-state index in [0.29, 0.717) is 23.9 Å². The third-order valence-corrected chi connectivity index (χ3v) is 9.82. The first kappa shape index (κ1) is 59.9. The van der Waals surface area contributed by atoms with Crippen LogP contribution in [0.15, 0.2) is 140 Å². The predicted octanol–water partition coefficient (Wildman–Crippen LogP) is 17.6. The lowest BCUT2D eigenvalue weighted by Gasteiger charge is -2.33. The van der Waals surface area contributed by atoms with E-state index in [4.69, 9.17) is 4.74 Å². The Morgan fingerprint density at radius 3 is 1.24 bits per heavy atom. The second-order valence-corrected chi connectivity index (χ2v) is 15.3. The summed E-state index contributed by atoms with van der Waals surface area (Å²) in [6, 6.07) is 43.4. The Morgan fingerprint density at radius 1 is 0.548 bits per heavy atom. The van der Waals surface area contributed by atoms with Crippen molar-refractivity contribution in [3.8, 4) is 0 Å². The van der Waals surface area contributed by atoms with Gasteiger partial charge in [0.15, 0.2) is 0 Å². The van der Waals surface area contributed by atoms with Crippen LogP contribution in [-0.2, 0) is 24.0 Å². The maximum Gasteiger partial charge on any atom is 0.248 e. The second-order valence-electron chi connectivity index (χ2n) is 15.3. The number of rotatable bonds is 7. The van der Waals surface area contributed by atoms with Crippen molar-refractivity contribution >= 4 is 0 Å². The fraction of sp³-hybridized carbons (Fsp3) is 0.509. The van der Waals surface area contributed by atoms with Gasteiger partial charge in [-0.15, -0.1) is 0 Å². The van der Waals surface area contributed by atoms with E-state index < -0.39 is 5.92 Å². The van der Waals surface area contributed by atoms with E-state index in [1.54, 1.807) is 0 Å². The van der Waals surface area contributed by atoms with E-state index in [1.165, 1.54) is 42.4 Å². The average Bonchev–Trinajstić information content (AvgIpc) is 3.34. The van der Waals surface area contributed by atoms with Crippen molar-refractivity contribution in [2.24, 2.45) is 5.92 Å². The van der Waals surface area contributed by atoms with Crippen LogP contribution in [0.5, 0.6) is 0 Å². The first-order valence-corrected chi connectivity index (χ1v) is 23.9. The van der Waals surface area contributed by atoms with Crippen LogP contribution in [-0.4, -0.2) is 28.6 Å². The zero-order valence-electron chi connectivity index (χ0n) is 41.4. The lowest BCUT2D eigenvalue weighted by atomic mass is 9.80. The van der Waals surface area contributed by atoms with Gasteiger partial charge in [-0.05, 0) is 104 Å². The summed E-state index contributed by atoms with van der Waals surface area (Å²) < 4.78 is 29.4. The fourth-order valence-corrected chi connectivity index (χ4v) is 5.79. The molecule has 0 bridgehead atoms. The molecule has 1 atom stereocenters. The molecule has 2 aliphatic rings. The van der Waals surface area contributed by atoms with Crippen molar-refractivity contribution < 1.29 is 13.5 Å². The monoisotopic (exact) mass is 855 g/mol. The Balaban J connectivity index is 0. The Bertz CT molecular complexity index is 1450. The molecule has 0 spiro atoms. The predicted molar refractivity (Wildman–Crippen MR) is 269 cm³/mol. The first-order valence-electron chi connectivity index (χ1n) is 23.9. The minimum Gasteiger partial charge on any atom is -0.378 e. The summed E-state index contributed by atoms with van der Waals surface area (Å²) in [6.07, 6.45) is 13.8. The van der Waals surface area contributed by atoms with E-state index in [2.05, 4.69) is 138 Å². The molecule has 0 radical (unpaired) electrons. The zero-order valence-corrected chi connectivity index (χ0v) is 41.4. The molecule has 0 N–H and O–H groups in total. The summed E-state index contributed by atoms with van der Waals surface area (Å²) >= 11 is 0. The summed E-state index contributed by atoms with van der Waals surface area (Å²) in [6.45, 7) is 28.3. The summed E-state index contributed by atoms with van der Waals surface area (Å²) in [5.41, 5.74) is 6.56. The Morgan fingerprint density at radius 2 is 1.02 bits per heavy atom. The molecule has 5 aromatic rings. The molecule has 1 aliphatic heterocycles. The number of aryl methyl sites for hydroxylation is 3. The third-order valence-electron chi connectivity index (χ3n) is 9.82. The Hall–Kier alpha value is -4.22. The molecule has 2 fully saturated rings. The molecule has 1 saturated carbocycles. The van der Waals surface area contributed by atoms with E-state index in [0.717, 1.165) is 43.7 Å². The summed E-state index contributed by atoms with van der Waals surface area (Å²) in [4.78, 5) is 8.28. The van der Waals surface area contributed by atoms with Gasteiger partial charge in [-0.3, -0.25) is 9.97 Å². The lowest BCUT2D eigenvalue weighted by molar-refractivity contribution is -0.110. The summed E-state index contributed by atoms with van der Waals surface area (Å²) in [5, 5.41) is 0. The highest BCUT2D eigenvalue weighted by Gasteiger charge is 2.43. The van der Waals surface area contributed by atoms with Crippen LogP contribution in [0.2, 0.25) is 0 Å². The number of aromatic nitrogens is 2. The van der Waals surface area contributed by atoms with Crippen LogP contribution in [0.25, 0.3) is 0 Å². The highest BCUT2D eigenvalue weighted by atomic mass is 19.3. The standard InChI is InChI=1S/C9H12.C8H11N.2C8H10.C7H9N.C7H14O.C6H10F2.2C2H6/c1-8(2)9-6-4-3-5-7-9;1-7(2)8-5-3-4-6-9-8;2*1-2-8-6-4-3-5-7-8;2*1-2-7-5-3-4-6-8-7;1-2-5-3-6(7,8)4-5;2*1-2/h3-8H,1-2H3;3-7H,1-2H3;2*3-7H,2H2,1H3;3-6H,2H2,1H3;7H,2-6H2,1H3;5H,2-4H2,1H3;2*1-2H3. The molecule has 5 heteroatoms. The SMILES string of the molecule is CC.CC.CC(C)c1ccccc1.CC(C)c1ccccn1.CCC1CC(F)(F)C1.CCC1CCCCO1.CCc1ccccc1.CCc1ccccc1.CCc1ccccn1. The maximum absolute atomic E-state index is 12.0. The Labute approximate surface area is 380 Å². The van der Waals surface area contributed by atoms with E-state index in [1.807, 2.05) is 102 Å². The number of nitrogens with zero attached hydrogens (tertiary/aromatic N) is 2. The van der Waals surface area contributed by atoms with Gasteiger partial charge in [-0.2, -0.15) is 0 Å². The van der Waals surface area contributed by atoms with Crippen LogP contribution < -0.4 is 0 Å². The number of alkyl halides is 2. The van der Waals surface area contributed by atoms with Crippen molar-refractivity contribution in [2.75, 3.05) is 6.61 Å². The smallest absolute Gasteiger partial charge is 0.248 e. The molecule has 3 aromatic carbocycles. The molecule has 3 heterocycles. The highest BCUT2D eigenvalue weighted by molar-refractivity contribution is 5.18. The maximum atomic E-state index is 12.0. The van der Waals surface area contributed by atoms with Gasteiger partial charge in [0.2, 0.25) is 5.92 Å². The van der Waals surface area contributed by atoms with E-state index in [9.17, 15) is 8.78 Å². The number of hydrogen-bond donors (Lipinski definition) is 0. The van der Waals surface area contributed by atoms with Gasteiger partial charge in [0.1, 0.15) is 0 Å². The van der Waals surface area contributed by atoms with Crippen molar-refractivity contribution in [2.45, 2.75) is 178 Å². The van der Waals surface area contributed by atoms with Crippen LogP contribution >= 0.6 is 0 Å². The van der Waals surface area contributed by atoms with Gasteiger partial charge in [0, 0.05) is 43.2 Å². The molecule has 1 aliphatic carbocycles. The summed E-state index contributed by atoms with van der Waals surface area (Å²) in [5.74, 6) is -0.789. The molecule has 346 valence electrons. The zero-order chi connectivity index (χ0) is 46.9. The minimum atomic E-state index is -2.30. The van der Waals surface area contributed by atoms with Gasteiger partial charge >= 0.3 is 0 Å². The lowest BCUT2D eigenvalue weighted by Crippen LogP contribution is -2.34. The molecule has 2 aromatic heterocycles. The largest absolute Gasteiger partial charge is 0.378 e. The van der Waals surface area contributed by atoms with Crippen molar-refractivity contribution in [3.63, 3.8) is 0 Å². The molecule has 3 nitrogen and oxygen atoms in total. The number of halogens is 2. The average molecular weight is 855 g/mol. The second kappa shape index (κ2) is 40.8. The third kappa shape index (κ3) is 32.5. The molecule has 7 rings (SSSR count). The topological polar surface area (TPSA) is 35.0 Å². The van der Waals surface area contributed by atoms with Gasteiger partial charge in [-0.25, -0.2) is 8.78 Å². The van der Waals surface area contributed by atoms with Crippen molar-refractivity contribution in [1.29, 1.82) is 0 Å². The van der Waals surface area contributed by atoms with Crippen LogP contribution in [0.1, 0.15) is 175 Å². The molecule has 1 unspecified atom stereocenters. The number of hydrogen-bond acceptors (Lipinski definition) is 3. The van der Waals surface area contributed by atoms with Crippen LogP contribution in [0.4, 0.5) is 8.78 Å². The van der Waals surface area contributed by atoms with Gasteiger partial charge < -0.3 is 4.74 Å². The number of ether oxygens (including phenoxy) is 1. The van der Waals surface area contributed by atoms with Gasteiger partial charge in [0.05, 0.1) is 6.10 Å². The normalized spacial score (nSPS) is 14.1. The van der Waals surface area contributed by atoms with Crippen LogP contribution in [0, 0.1) is 5.92 Å². The summed E-state index contributed by atoms with van der Waals surface area (Å²) in [7, 11) is 0. The molecular formula is C57H88F2N2O. The molecule has 1 saturated heterocycles. The number of pyridine rings is 2. The Kier molecular flexibility index (Phi) is 39.4. The van der Waals surface area contributed by atoms with Gasteiger partial charge in [0.25, 0.3) is 0 Å². The van der Waals surface area contributed by atoms with Crippen LogP contribution in [0.3, 0.4) is 0 Å². The quantitative estimate of drug-likeness (QED) is 0.164. The molecular weight excluding hydrogens is 767 g/mol. The number of benzene rings is 3. The fourth-order valence-electron chi connectivity index (χ4n) is 5.79. The molecule has 62 heavy (non-hydrogen) atoms. The highest BCUT2D eigenvalue weighted by Crippen LogP contribution is 2.43. The van der Waals surface area contributed by atoms with Crippen molar-refractivity contribution in [1.82, 2.24) is 9.97 Å². The van der Waals surface area contributed by atoms with Gasteiger partial charge in [-0.1, -0.05) is 200 Å². The first-order chi connectivity index (χ1) is 30.0. The van der Waals surface area contributed by atoms with E-state index in [-0.39, 0.29) is 12.8 Å². The molecule has 0 amide bonds.